The van der Waals surface area contributed by atoms with Crippen molar-refractivity contribution in [3.63, 3.8) is 0 Å². The molecule has 0 N–H and O–H groups in total. The van der Waals surface area contributed by atoms with Gasteiger partial charge in [0.25, 0.3) is 0 Å². The molecule has 2 nitrogen and oxygen atoms in total. The minimum atomic E-state index is -0.715. The average molecular weight is 581 g/mol. The molecule has 0 radical (unpaired) electrons. The molecule has 3 atom stereocenters. The van der Waals surface area contributed by atoms with Crippen LogP contribution in [-0.4, -0.2) is 25.5 Å². The van der Waals surface area contributed by atoms with E-state index in [0.29, 0.717) is 17.2 Å². The van der Waals surface area contributed by atoms with Gasteiger partial charge in [0.05, 0.1) is 14.2 Å². The van der Waals surface area contributed by atoms with Crippen molar-refractivity contribution in [2.45, 2.75) is 51.9 Å². The molecule has 212 valence electrons. The van der Waals surface area contributed by atoms with Gasteiger partial charge in [-0.25, -0.2) is 0 Å². The highest BCUT2D eigenvalue weighted by Crippen LogP contribution is 2.60. The smallest absolute Gasteiger partial charge is 0.124 e. The van der Waals surface area contributed by atoms with Gasteiger partial charge in [0.1, 0.15) is 11.5 Å². The lowest BCUT2D eigenvalue weighted by atomic mass is 10.1. The molecule has 4 heteroatoms. The molecule has 1 saturated carbocycles. The highest BCUT2D eigenvalue weighted by atomic mass is 31.1. The quantitative estimate of drug-likeness (QED) is 0.148. The van der Waals surface area contributed by atoms with Gasteiger partial charge in [-0.15, -0.1) is 6.58 Å². The Morgan fingerprint density at radius 1 is 0.610 bits per heavy atom. The van der Waals surface area contributed by atoms with Gasteiger partial charge < -0.3 is 9.47 Å². The zero-order valence-corrected chi connectivity index (χ0v) is 27.0. The van der Waals surface area contributed by atoms with Gasteiger partial charge in [-0.3, -0.25) is 0 Å². The summed E-state index contributed by atoms with van der Waals surface area (Å²) in [6.45, 7) is 13.1. The molecular weight excluding hydrogens is 538 g/mol. The Balaban J connectivity index is 1.75. The van der Waals surface area contributed by atoms with E-state index in [2.05, 4.69) is 125 Å². The summed E-state index contributed by atoms with van der Waals surface area (Å²) in [4.78, 5) is 0. The molecule has 1 aliphatic rings. The molecule has 41 heavy (non-hydrogen) atoms. The summed E-state index contributed by atoms with van der Waals surface area (Å²) >= 11 is 0. The summed E-state index contributed by atoms with van der Waals surface area (Å²) in [6.07, 6.45) is 4.65. The summed E-state index contributed by atoms with van der Waals surface area (Å²) in [5.74, 6) is 2.43. The molecule has 0 heterocycles. The minimum absolute atomic E-state index is 0.453. The van der Waals surface area contributed by atoms with Crippen molar-refractivity contribution in [3.05, 3.63) is 120 Å². The van der Waals surface area contributed by atoms with Crippen molar-refractivity contribution in [3.8, 4) is 11.5 Å². The van der Waals surface area contributed by atoms with E-state index < -0.39 is 15.8 Å². The highest BCUT2D eigenvalue weighted by Gasteiger charge is 2.45. The van der Waals surface area contributed by atoms with E-state index in [0.717, 1.165) is 11.5 Å². The maximum Gasteiger partial charge on any atom is 0.124 e. The third-order valence-electron chi connectivity index (χ3n) is 8.48. The van der Waals surface area contributed by atoms with E-state index >= 15 is 0 Å². The normalized spacial score (nSPS) is 18.6. The van der Waals surface area contributed by atoms with Gasteiger partial charge in [0.2, 0.25) is 0 Å². The predicted octanol–water partition coefficient (Wildman–Crippen LogP) is 7.84. The SMILES string of the molecule is C=CC1CCC(P(c2ccccc2)c2ccccc2)C1P(c1cc(C)c(OC)c(C)c1)c1cc(C)c(OC)c(C)c1. The second-order valence-corrected chi connectivity index (χ2v) is 16.0. The van der Waals surface area contributed by atoms with Gasteiger partial charge in [0, 0.05) is 5.66 Å². The number of ether oxygens (including phenoxy) is 2. The zero-order chi connectivity index (χ0) is 29.1. The van der Waals surface area contributed by atoms with Crippen LogP contribution in [0.15, 0.2) is 97.6 Å². The molecular formula is C37H42O2P2. The van der Waals surface area contributed by atoms with E-state index in [-0.39, 0.29) is 0 Å². The van der Waals surface area contributed by atoms with E-state index in [1.807, 2.05) is 0 Å². The number of allylic oxidation sites excluding steroid dienone is 1. The molecule has 0 aromatic heterocycles. The second kappa shape index (κ2) is 12.9. The monoisotopic (exact) mass is 580 g/mol. The van der Waals surface area contributed by atoms with E-state index in [1.54, 1.807) is 14.2 Å². The number of benzene rings is 4. The standard InChI is InChI=1S/C37H42O2P2/c1-8-29-19-20-34(40(30-15-11-9-12-16-30)31-17-13-10-14-18-31)37(29)41(32-21-25(2)35(38-6)26(3)22-32)33-23-27(4)36(39-7)28(5)24-33/h8-18,21-24,29,34,37H,1,19-20H2,2-7H3. The maximum atomic E-state index is 5.81. The maximum absolute atomic E-state index is 5.81. The Kier molecular flexibility index (Phi) is 9.33. The van der Waals surface area contributed by atoms with Crippen molar-refractivity contribution >= 4 is 37.1 Å². The number of hydrogen-bond donors (Lipinski definition) is 0. The third kappa shape index (κ3) is 5.88. The minimum Gasteiger partial charge on any atom is -0.496 e. The number of rotatable bonds is 9. The van der Waals surface area contributed by atoms with Crippen LogP contribution in [0, 0.1) is 33.6 Å². The van der Waals surface area contributed by atoms with E-state index in [4.69, 9.17) is 9.47 Å². The molecule has 4 aromatic carbocycles. The number of methoxy groups -OCH3 is 2. The first kappa shape index (κ1) is 29.6. The Hall–Kier alpha value is -2.92. The highest BCUT2D eigenvalue weighted by molar-refractivity contribution is 7.77. The lowest BCUT2D eigenvalue weighted by Gasteiger charge is -2.38. The summed E-state index contributed by atoms with van der Waals surface area (Å²) in [5.41, 5.74) is 5.82. The lowest BCUT2D eigenvalue weighted by Crippen LogP contribution is -2.35. The molecule has 4 aromatic rings. The summed E-state index contributed by atoms with van der Waals surface area (Å²) in [6, 6.07) is 32.1. The van der Waals surface area contributed by atoms with Crippen LogP contribution in [0.5, 0.6) is 11.5 Å². The first-order valence-corrected chi connectivity index (χ1v) is 17.3. The zero-order valence-electron chi connectivity index (χ0n) is 25.2. The molecule has 0 aliphatic heterocycles. The fourth-order valence-electron chi connectivity index (χ4n) is 6.87. The van der Waals surface area contributed by atoms with Gasteiger partial charge in [0.15, 0.2) is 0 Å². The molecule has 0 spiro atoms. The Morgan fingerprint density at radius 3 is 1.39 bits per heavy atom. The van der Waals surface area contributed by atoms with Crippen molar-refractivity contribution in [1.82, 2.24) is 0 Å². The molecule has 1 fully saturated rings. The summed E-state index contributed by atoms with van der Waals surface area (Å²) in [7, 11) is 2.28. The number of aryl methyl sites for hydroxylation is 4. The van der Waals surface area contributed by atoms with Crippen LogP contribution in [0.25, 0.3) is 0 Å². The molecule has 3 unspecified atom stereocenters. The Morgan fingerprint density at radius 2 is 1.02 bits per heavy atom. The molecule has 0 amide bonds. The van der Waals surface area contributed by atoms with Gasteiger partial charge in [-0.1, -0.05) is 66.7 Å². The Labute approximate surface area is 249 Å². The van der Waals surface area contributed by atoms with Crippen molar-refractivity contribution < 1.29 is 9.47 Å². The van der Waals surface area contributed by atoms with Crippen LogP contribution in [0.3, 0.4) is 0 Å². The molecule has 0 saturated heterocycles. The molecule has 1 aliphatic carbocycles. The fourth-order valence-corrected chi connectivity index (χ4v) is 14.1. The largest absolute Gasteiger partial charge is 0.496 e. The van der Waals surface area contributed by atoms with Crippen LogP contribution < -0.4 is 30.7 Å². The van der Waals surface area contributed by atoms with Crippen LogP contribution >= 0.6 is 15.8 Å². The van der Waals surface area contributed by atoms with Crippen LogP contribution in [0.4, 0.5) is 0 Å². The van der Waals surface area contributed by atoms with Gasteiger partial charge >= 0.3 is 0 Å². The van der Waals surface area contributed by atoms with Gasteiger partial charge in [-0.2, -0.15) is 0 Å². The first-order chi connectivity index (χ1) is 19.9. The van der Waals surface area contributed by atoms with Crippen LogP contribution in [-0.2, 0) is 0 Å². The fraction of sp³-hybridized carbons (Fsp3) is 0.297. The first-order valence-electron chi connectivity index (χ1n) is 14.5. The van der Waals surface area contributed by atoms with Crippen LogP contribution in [0.1, 0.15) is 35.1 Å². The number of hydrogen-bond acceptors (Lipinski definition) is 2. The lowest BCUT2D eigenvalue weighted by molar-refractivity contribution is 0.408. The second-order valence-electron chi connectivity index (χ2n) is 11.2. The predicted molar refractivity (Wildman–Crippen MR) is 181 cm³/mol. The summed E-state index contributed by atoms with van der Waals surface area (Å²) < 4.78 is 11.6. The van der Waals surface area contributed by atoms with Gasteiger partial charge in [-0.05, 0) is 136 Å². The van der Waals surface area contributed by atoms with Crippen molar-refractivity contribution in [2.24, 2.45) is 5.92 Å². The third-order valence-corrected chi connectivity index (χ3v) is 14.6. The molecule has 0 bridgehead atoms. The summed E-state index contributed by atoms with van der Waals surface area (Å²) in [5, 5.41) is 5.79. The van der Waals surface area contributed by atoms with E-state index in [1.165, 1.54) is 56.3 Å². The van der Waals surface area contributed by atoms with E-state index in [9.17, 15) is 0 Å². The molecule has 5 rings (SSSR count). The Bertz CT molecular complexity index is 1350. The van der Waals surface area contributed by atoms with Crippen molar-refractivity contribution in [2.75, 3.05) is 14.2 Å². The average Bonchev–Trinajstić information content (AvgIpc) is 3.37. The topological polar surface area (TPSA) is 18.5 Å². The van der Waals surface area contributed by atoms with Crippen molar-refractivity contribution in [1.29, 1.82) is 0 Å². The van der Waals surface area contributed by atoms with Crippen LogP contribution in [0.2, 0.25) is 0 Å².